The van der Waals surface area contributed by atoms with Crippen LogP contribution in [0.4, 0.5) is 0 Å². The van der Waals surface area contributed by atoms with Crippen molar-refractivity contribution < 1.29 is 9.53 Å². The second-order valence-corrected chi connectivity index (χ2v) is 5.08. The van der Waals surface area contributed by atoms with E-state index in [0.29, 0.717) is 5.75 Å². The van der Waals surface area contributed by atoms with Gasteiger partial charge in [0, 0.05) is 13.1 Å². The van der Waals surface area contributed by atoms with Crippen LogP contribution in [0, 0.1) is 22.7 Å². The molecule has 0 unspecified atom stereocenters. The Hall–Kier alpha value is -2.79. The van der Waals surface area contributed by atoms with E-state index in [1.807, 2.05) is 17.0 Å². The molecule has 1 amide bonds. The average Bonchev–Trinajstić information content (AvgIpc) is 2.59. The molecule has 2 rings (SSSR count). The van der Waals surface area contributed by atoms with Crippen molar-refractivity contribution in [1.82, 2.24) is 4.90 Å². The molecule has 0 aliphatic carbocycles. The summed E-state index contributed by atoms with van der Waals surface area (Å²) in [5.74, 6) is 0.609. The van der Waals surface area contributed by atoms with E-state index in [1.165, 1.54) is 12.5 Å². The molecule has 112 valence electrons. The molecule has 5 nitrogen and oxygen atoms in total. The van der Waals surface area contributed by atoms with Crippen LogP contribution >= 0.6 is 0 Å². The summed E-state index contributed by atoms with van der Waals surface area (Å²) < 4.78 is 5.49. The number of carbonyl (C=O) groups excluding carboxylic acids is 1. The highest BCUT2D eigenvalue weighted by Gasteiger charge is 2.16. The zero-order chi connectivity index (χ0) is 15.8. The Labute approximate surface area is 130 Å². The minimum atomic E-state index is 0.0138. The predicted molar refractivity (Wildman–Crippen MR) is 81.6 cm³/mol. The average molecular weight is 295 g/mol. The standard InChI is InChI=1S/C17H17N3O2/c18-11-15(12-19)10-14-4-6-16(7-5-14)22-13-17(21)20-8-2-1-3-9-20/h4-7,10H,1-3,8-9,13H2. The van der Waals surface area contributed by atoms with Crippen molar-refractivity contribution in [2.45, 2.75) is 19.3 Å². The lowest BCUT2D eigenvalue weighted by Crippen LogP contribution is -2.38. The summed E-state index contributed by atoms with van der Waals surface area (Å²) in [7, 11) is 0. The van der Waals surface area contributed by atoms with Gasteiger partial charge in [-0.25, -0.2) is 0 Å². The zero-order valence-corrected chi connectivity index (χ0v) is 12.3. The lowest BCUT2D eigenvalue weighted by molar-refractivity contribution is -0.134. The van der Waals surface area contributed by atoms with Crippen LogP contribution in [0.5, 0.6) is 5.75 Å². The van der Waals surface area contributed by atoms with Crippen molar-refractivity contribution in [3.8, 4) is 17.9 Å². The van der Waals surface area contributed by atoms with E-state index in [-0.39, 0.29) is 18.1 Å². The fraction of sp³-hybridized carbons (Fsp3) is 0.353. The topological polar surface area (TPSA) is 77.1 Å². The smallest absolute Gasteiger partial charge is 0.260 e. The van der Waals surface area contributed by atoms with Crippen LogP contribution < -0.4 is 4.74 Å². The van der Waals surface area contributed by atoms with E-state index >= 15 is 0 Å². The van der Waals surface area contributed by atoms with Gasteiger partial charge < -0.3 is 9.64 Å². The number of rotatable bonds is 4. The molecule has 1 aromatic carbocycles. The number of amides is 1. The molecule has 1 aliphatic heterocycles. The van der Waals surface area contributed by atoms with Gasteiger partial charge in [0.1, 0.15) is 23.5 Å². The zero-order valence-electron chi connectivity index (χ0n) is 12.3. The summed E-state index contributed by atoms with van der Waals surface area (Å²) in [6.45, 7) is 1.67. The summed E-state index contributed by atoms with van der Waals surface area (Å²) in [5, 5.41) is 17.4. The lowest BCUT2D eigenvalue weighted by atomic mass is 10.1. The number of likely N-dealkylation sites (tertiary alicyclic amines) is 1. The Morgan fingerprint density at radius 1 is 1.14 bits per heavy atom. The highest BCUT2D eigenvalue weighted by Crippen LogP contribution is 2.15. The number of allylic oxidation sites excluding steroid dienone is 1. The SMILES string of the molecule is N#CC(C#N)=Cc1ccc(OCC(=O)N2CCCCC2)cc1. The van der Waals surface area contributed by atoms with Crippen molar-refractivity contribution in [2.24, 2.45) is 0 Å². The minimum absolute atomic E-state index is 0.0138. The molecule has 0 saturated carbocycles. The van der Waals surface area contributed by atoms with Gasteiger partial charge in [-0.1, -0.05) is 12.1 Å². The predicted octanol–water partition coefficient (Wildman–Crippen LogP) is 2.51. The number of benzene rings is 1. The van der Waals surface area contributed by atoms with Crippen LogP contribution in [-0.4, -0.2) is 30.5 Å². The van der Waals surface area contributed by atoms with Crippen LogP contribution in [0.15, 0.2) is 29.8 Å². The molecule has 1 fully saturated rings. The van der Waals surface area contributed by atoms with E-state index < -0.39 is 0 Å². The van der Waals surface area contributed by atoms with Crippen molar-refractivity contribution in [3.63, 3.8) is 0 Å². The maximum Gasteiger partial charge on any atom is 0.260 e. The second-order valence-electron chi connectivity index (χ2n) is 5.08. The number of hydrogen-bond acceptors (Lipinski definition) is 4. The summed E-state index contributed by atoms with van der Waals surface area (Å²) in [5.41, 5.74) is 0.793. The van der Waals surface area contributed by atoms with Crippen LogP contribution in [0.3, 0.4) is 0 Å². The van der Waals surface area contributed by atoms with Gasteiger partial charge in [0.05, 0.1) is 0 Å². The van der Waals surface area contributed by atoms with Crippen LogP contribution in [0.1, 0.15) is 24.8 Å². The highest BCUT2D eigenvalue weighted by molar-refractivity contribution is 5.77. The van der Waals surface area contributed by atoms with Gasteiger partial charge in [0.15, 0.2) is 6.61 Å². The molecule has 0 aromatic heterocycles. The van der Waals surface area contributed by atoms with Gasteiger partial charge >= 0.3 is 0 Å². The Morgan fingerprint density at radius 2 is 1.77 bits per heavy atom. The third-order valence-electron chi connectivity index (χ3n) is 3.50. The van der Waals surface area contributed by atoms with Gasteiger partial charge in [-0.15, -0.1) is 0 Å². The first kappa shape index (κ1) is 15.6. The van der Waals surface area contributed by atoms with E-state index in [4.69, 9.17) is 15.3 Å². The first-order chi connectivity index (χ1) is 10.7. The number of nitrogens with zero attached hydrogens (tertiary/aromatic N) is 3. The van der Waals surface area contributed by atoms with Crippen LogP contribution in [-0.2, 0) is 4.79 Å². The number of hydrogen-bond donors (Lipinski definition) is 0. The van der Waals surface area contributed by atoms with Crippen molar-refractivity contribution in [1.29, 1.82) is 10.5 Å². The monoisotopic (exact) mass is 295 g/mol. The first-order valence-electron chi connectivity index (χ1n) is 7.25. The van der Waals surface area contributed by atoms with Crippen molar-refractivity contribution in [3.05, 3.63) is 35.4 Å². The van der Waals surface area contributed by atoms with E-state index in [1.54, 1.807) is 24.3 Å². The second kappa shape index (κ2) is 7.85. The maximum atomic E-state index is 12.0. The number of piperidine rings is 1. The molecule has 0 bridgehead atoms. The molecule has 0 spiro atoms. The molecular weight excluding hydrogens is 278 g/mol. The quantitative estimate of drug-likeness (QED) is 0.800. The number of carbonyl (C=O) groups is 1. The maximum absolute atomic E-state index is 12.0. The Morgan fingerprint density at radius 3 is 2.36 bits per heavy atom. The molecule has 1 aromatic rings. The molecule has 0 atom stereocenters. The van der Waals surface area contributed by atoms with Crippen LogP contribution in [0.25, 0.3) is 6.08 Å². The summed E-state index contributed by atoms with van der Waals surface area (Å²) in [6.07, 6.45) is 4.81. The highest BCUT2D eigenvalue weighted by atomic mass is 16.5. The Kier molecular flexibility index (Phi) is 5.57. The van der Waals surface area contributed by atoms with Crippen LogP contribution in [0.2, 0.25) is 0 Å². The van der Waals surface area contributed by atoms with Gasteiger partial charge in [-0.3, -0.25) is 4.79 Å². The normalized spacial score (nSPS) is 13.6. The molecular formula is C17H17N3O2. The summed E-state index contributed by atoms with van der Waals surface area (Å²) in [6, 6.07) is 10.6. The number of ether oxygens (including phenoxy) is 1. The molecule has 1 heterocycles. The fourth-order valence-electron chi connectivity index (χ4n) is 2.30. The minimum Gasteiger partial charge on any atom is -0.484 e. The molecule has 0 radical (unpaired) electrons. The Balaban J connectivity index is 1.89. The molecule has 1 aliphatic rings. The fourth-order valence-corrected chi connectivity index (χ4v) is 2.30. The third-order valence-corrected chi connectivity index (χ3v) is 3.50. The molecule has 0 N–H and O–H groups in total. The summed E-state index contributed by atoms with van der Waals surface area (Å²) >= 11 is 0. The van der Waals surface area contributed by atoms with Gasteiger partial charge in [0.2, 0.25) is 0 Å². The van der Waals surface area contributed by atoms with Gasteiger partial charge in [-0.05, 0) is 43.0 Å². The van der Waals surface area contributed by atoms with E-state index in [9.17, 15) is 4.79 Å². The van der Waals surface area contributed by atoms with E-state index in [0.717, 1.165) is 31.5 Å². The Bertz CT molecular complexity index is 613. The van der Waals surface area contributed by atoms with Gasteiger partial charge in [0.25, 0.3) is 5.91 Å². The molecule has 5 heteroatoms. The van der Waals surface area contributed by atoms with Crippen molar-refractivity contribution >= 4 is 12.0 Å². The van der Waals surface area contributed by atoms with E-state index in [2.05, 4.69) is 0 Å². The number of nitriles is 2. The molecule has 22 heavy (non-hydrogen) atoms. The third kappa shape index (κ3) is 4.36. The lowest BCUT2D eigenvalue weighted by Gasteiger charge is -2.26. The largest absolute Gasteiger partial charge is 0.484 e. The van der Waals surface area contributed by atoms with Gasteiger partial charge in [-0.2, -0.15) is 10.5 Å². The molecule has 1 saturated heterocycles. The van der Waals surface area contributed by atoms with Crippen molar-refractivity contribution in [2.75, 3.05) is 19.7 Å². The first-order valence-corrected chi connectivity index (χ1v) is 7.25. The summed E-state index contributed by atoms with van der Waals surface area (Å²) in [4.78, 5) is 13.8.